The third kappa shape index (κ3) is 5.32. The molecule has 2 heterocycles. The summed E-state index contributed by atoms with van der Waals surface area (Å²) in [5.41, 5.74) is 0.109. The van der Waals surface area contributed by atoms with E-state index in [1.807, 2.05) is 0 Å². The maximum atomic E-state index is 8.51. The molecule has 0 saturated carbocycles. The largest absolute Gasteiger partial charge is 0.495 e. The Kier molecular flexibility index (Phi) is 2.84. The molecular formula is C23H27ClN4O4. The lowest BCUT2D eigenvalue weighted by molar-refractivity contribution is 0.0357. The zero-order chi connectivity index (χ0) is 39.9. The summed E-state index contributed by atoms with van der Waals surface area (Å²) in [6, 6.07) is 5.61. The van der Waals surface area contributed by atoms with Gasteiger partial charge in [0.2, 0.25) is 0 Å². The number of anilines is 2. The minimum Gasteiger partial charge on any atom is -0.495 e. The number of rotatable bonds is 9. The number of methoxy groups -OCH3 is 2. The topological polar surface area (TPSA) is 78.0 Å². The first-order valence-corrected chi connectivity index (χ1v) is 8.98. The molecule has 0 unspecified atom stereocenters. The average molecular weight is 479 g/mol. The van der Waals surface area contributed by atoms with E-state index in [0.29, 0.717) is 0 Å². The number of nitrogens with one attached hydrogen (secondary N) is 1. The van der Waals surface area contributed by atoms with Crippen LogP contribution in [0.5, 0.6) is 17.2 Å². The number of morpholine rings is 1. The molecular weight excluding hydrogens is 432 g/mol. The molecule has 0 radical (unpaired) electrons. The summed E-state index contributed by atoms with van der Waals surface area (Å²) < 4.78 is 179. The number of hydrogen-bond acceptors (Lipinski definition) is 8. The molecule has 170 valence electrons. The summed E-state index contributed by atoms with van der Waals surface area (Å²) in [5.74, 6) is -2.02. The molecule has 1 aliphatic heterocycles. The molecule has 1 aromatic heterocycles. The summed E-state index contributed by atoms with van der Waals surface area (Å²) >= 11 is 6.16. The van der Waals surface area contributed by atoms with Crippen molar-refractivity contribution in [2.24, 2.45) is 0 Å². The van der Waals surface area contributed by atoms with Crippen LogP contribution in [0.4, 0.5) is 11.5 Å². The summed E-state index contributed by atoms with van der Waals surface area (Å²) in [6.07, 6.45) is -3.24. The first-order chi connectivity index (χ1) is 23.2. The standard InChI is InChI=1S/C23H27ClN4O4/c1-29-20-5-4-16(12-18(20)24)27-23-17-13-22(21(30-2)14-19(17)25-15-26-23)32-9-3-6-28-7-10-31-11-8-28/h4-5,12-15H,3,6-11H2,1-2H3,(H,25,26,27)/i1D3,2D3,3D2,6D2,7D2,8D2,9D2,10D2,11D2. The third-order valence-corrected chi connectivity index (χ3v) is 4.21. The summed E-state index contributed by atoms with van der Waals surface area (Å²) in [6.45, 7) is -24.0. The molecule has 0 amide bonds. The number of fused-ring (bicyclic) bond motifs is 1. The van der Waals surface area contributed by atoms with Crippen LogP contribution in [0.3, 0.4) is 0 Å². The zero-order valence-electron chi connectivity index (χ0n) is 35.8. The lowest BCUT2D eigenvalue weighted by Crippen LogP contribution is -2.37. The van der Waals surface area contributed by atoms with Gasteiger partial charge in [-0.25, -0.2) is 9.97 Å². The van der Waals surface area contributed by atoms with Gasteiger partial charge in [0.25, 0.3) is 0 Å². The van der Waals surface area contributed by atoms with Crippen molar-refractivity contribution in [2.45, 2.75) is 6.37 Å². The van der Waals surface area contributed by atoms with Crippen LogP contribution in [0.2, 0.25) is 5.02 Å². The van der Waals surface area contributed by atoms with E-state index in [4.69, 9.17) is 53.2 Å². The van der Waals surface area contributed by atoms with E-state index >= 15 is 0 Å². The summed E-state index contributed by atoms with van der Waals surface area (Å²) in [4.78, 5) is 7.28. The van der Waals surface area contributed by atoms with Crippen molar-refractivity contribution in [1.82, 2.24) is 14.9 Å². The van der Waals surface area contributed by atoms with Gasteiger partial charge in [-0.15, -0.1) is 0 Å². The van der Waals surface area contributed by atoms with Gasteiger partial charge in [0.15, 0.2) is 11.5 Å². The second-order valence-corrected chi connectivity index (χ2v) is 6.23. The first kappa shape index (κ1) is 8.52. The lowest BCUT2D eigenvalue weighted by Gasteiger charge is -2.26. The Morgan fingerprint density at radius 2 is 2.00 bits per heavy atom. The Bertz CT molecular complexity index is 1810. The molecule has 0 atom stereocenters. The van der Waals surface area contributed by atoms with E-state index in [-0.39, 0.29) is 33.2 Å². The Morgan fingerprint density at radius 3 is 2.81 bits per heavy atom. The molecule has 0 spiro atoms. The number of hydrogen-bond donors (Lipinski definition) is 1. The van der Waals surface area contributed by atoms with Crippen LogP contribution in [0.15, 0.2) is 36.7 Å². The highest BCUT2D eigenvalue weighted by Gasteiger charge is 2.14. The van der Waals surface area contributed by atoms with Gasteiger partial charge >= 0.3 is 0 Å². The van der Waals surface area contributed by atoms with Crippen molar-refractivity contribution in [2.75, 3.05) is 58.6 Å². The number of nitrogens with zero attached hydrogens (tertiary/aromatic N) is 3. The second-order valence-electron chi connectivity index (χ2n) is 5.82. The van der Waals surface area contributed by atoms with Crippen molar-refractivity contribution in [3.8, 4) is 17.2 Å². The Morgan fingerprint density at radius 1 is 1.16 bits per heavy atom. The maximum Gasteiger partial charge on any atom is 0.162 e. The van der Waals surface area contributed by atoms with Gasteiger partial charge in [0, 0.05) is 47.6 Å². The van der Waals surface area contributed by atoms with Crippen LogP contribution in [0.25, 0.3) is 10.9 Å². The SMILES string of the molecule is [2H]C([2H])([2H])Oc1ccc(Nc2ncnc3cc(OC([2H])([2H])[2H])c(OC([2H])([2H])C([2H])([2H])C([2H])([2H])N4C([2H])([2H])C([2H])([2H])OC([2H])([2H])C4([2H])[2H])cc23)cc1Cl. The molecule has 9 heteroatoms. The quantitative estimate of drug-likeness (QED) is 0.491. The molecule has 1 N–H and O–H groups in total. The normalized spacial score (nSPS) is 32.0. The van der Waals surface area contributed by atoms with E-state index in [2.05, 4.69) is 20.0 Å². The second kappa shape index (κ2) is 10.7. The monoisotopic (exact) mass is 478 g/mol. The van der Waals surface area contributed by atoms with Gasteiger partial charge in [-0.1, -0.05) is 11.6 Å². The fourth-order valence-electron chi connectivity index (χ4n) is 2.53. The van der Waals surface area contributed by atoms with Crippen LogP contribution in [0, 0.1) is 0 Å². The van der Waals surface area contributed by atoms with E-state index in [9.17, 15) is 0 Å². The first-order valence-electron chi connectivity index (χ1n) is 18.6. The molecule has 1 fully saturated rings. The van der Waals surface area contributed by atoms with Crippen molar-refractivity contribution in [1.29, 1.82) is 0 Å². The van der Waals surface area contributed by atoms with Gasteiger partial charge in [0.1, 0.15) is 17.9 Å². The molecule has 1 aliphatic rings. The smallest absolute Gasteiger partial charge is 0.162 e. The van der Waals surface area contributed by atoms with Gasteiger partial charge in [-0.05, 0) is 30.6 Å². The van der Waals surface area contributed by atoms with Gasteiger partial charge in [0.05, 0.1) is 60.7 Å². The van der Waals surface area contributed by atoms with E-state index in [1.54, 1.807) is 0 Å². The molecule has 1 saturated heterocycles. The van der Waals surface area contributed by atoms with Crippen LogP contribution in [-0.4, -0.2) is 68.1 Å². The number of benzene rings is 2. The van der Waals surface area contributed by atoms with Gasteiger partial charge in [-0.2, -0.15) is 0 Å². The molecule has 0 bridgehead atoms. The number of halogens is 1. The fraction of sp³-hybridized carbons (Fsp3) is 0.391. The summed E-state index contributed by atoms with van der Waals surface area (Å²) in [5, 5.41) is 2.60. The highest BCUT2D eigenvalue weighted by atomic mass is 35.5. The molecule has 8 nitrogen and oxygen atoms in total. The van der Waals surface area contributed by atoms with E-state index in [1.165, 1.54) is 18.2 Å². The fourth-order valence-corrected chi connectivity index (χ4v) is 2.75. The van der Waals surface area contributed by atoms with E-state index < -0.39 is 76.0 Å². The Hall–Kier alpha value is -2.81. The average Bonchev–Trinajstić information content (AvgIpc) is 2.91. The Balaban J connectivity index is 1.83. The molecule has 32 heavy (non-hydrogen) atoms. The zero-order valence-corrected chi connectivity index (χ0v) is 16.6. The minimum absolute atomic E-state index is 0.0735. The maximum absolute atomic E-state index is 8.51. The number of ether oxygens (including phenoxy) is 4. The minimum atomic E-state index is -4.32. The predicted octanol–water partition coefficient (Wildman–Crippen LogP) is 4.15. The van der Waals surface area contributed by atoms with Crippen molar-refractivity contribution in [3.05, 3.63) is 41.7 Å². The van der Waals surface area contributed by atoms with Gasteiger partial charge in [-0.3, -0.25) is 4.90 Å². The molecule has 3 aromatic rings. The summed E-state index contributed by atoms with van der Waals surface area (Å²) in [7, 11) is -6.06. The van der Waals surface area contributed by atoms with Crippen molar-refractivity contribution in [3.63, 3.8) is 0 Å². The number of aromatic nitrogens is 2. The van der Waals surface area contributed by atoms with Gasteiger partial charge < -0.3 is 24.3 Å². The van der Waals surface area contributed by atoms with Crippen LogP contribution < -0.4 is 19.5 Å². The molecule has 2 aromatic carbocycles. The van der Waals surface area contributed by atoms with Crippen LogP contribution in [0.1, 0.15) is 33.8 Å². The van der Waals surface area contributed by atoms with Crippen molar-refractivity contribution < 1.29 is 46.4 Å². The Labute approximate surface area is 220 Å². The molecule has 4 rings (SSSR count). The predicted molar refractivity (Wildman–Crippen MR) is 125 cm³/mol. The highest BCUT2D eigenvalue weighted by Crippen LogP contribution is 2.35. The lowest BCUT2D eigenvalue weighted by atomic mass is 10.2. The van der Waals surface area contributed by atoms with Crippen LogP contribution in [-0.2, 0) is 4.74 Å². The third-order valence-electron chi connectivity index (χ3n) is 3.91. The molecule has 0 aliphatic carbocycles. The van der Waals surface area contributed by atoms with Crippen LogP contribution >= 0.6 is 11.6 Å². The van der Waals surface area contributed by atoms with E-state index in [0.717, 1.165) is 18.5 Å². The van der Waals surface area contributed by atoms with Crippen molar-refractivity contribution >= 4 is 34.0 Å². The highest BCUT2D eigenvalue weighted by molar-refractivity contribution is 6.32.